The fourth-order valence-electron chi connectivity index (χ4n) is 5.06. The molecule has 0 bridgehead atoms. The van der Waals surface area contributed by atoms with Crippen molar-refractivity contribution in [3.05, 3.63) is 64.7 Å². The van der Waals surface area contributed by atoms with Gasteiger partial charge in [-0.1, -0.05) is 55.2 Å². The average Bonchev–Trinajstić information content (AvgIpc) is 2.84. The first kappa shape index (κ1) is 25.2. The third kappa shape index (κ3) is 5.64. The van der Waals surface area contributed by atoms with E-state index in [0.29, 0.717) is 11.2 Å². The molecule has 188 valence electrons. The van der Waals surface area contributed by atoms with E-state index < -0.39 is 24.5 Å². The number of anilines is 2. The van der Waals surface area contributed by atoms with Crippen molar-refractivity contribution in [2.45, 2.75) is 58.9 Å². The van der Waals surface area contributed by atoms with E-state index in [1.54, 1.807) is 12.1 Å². The largest absolute Gasteiger partial charge is 0.480 e. The molecule has 1 saturated carbocycles. The highest BCUT2D eigenvalue weighted by molar-refractivity contribution is 6.08. The number of aliphatic carboxylic acids is 1. The van der Waals surface area contributed by atoms with Crippen molar-refractivity contribution in [1.29, 1.82) is 0 Å². The van der Waals surface area contributed by atoms with E-state index in [1.165, 1.54) is 4.90 Å². The number of benzene rings is 2. The number of nitrogens with one attached hydrogen (secondary N) is 2. The Morgan fingerprint density at radius 1 is 0.972 bits per heavy atom. The Bertz CT molecular complexity index is 1290. The van der Waals surface area contributed by atoms with Crippen LogP contribution < -0.4 is 10.6 Å². The molecule has 1 aliphatic rings. The summed E-state index contributed by atoms with van der Waals surface area (Å²) in [5.41, 5.74) is 4.44. The predicted molar refractivity (Wildman–Crippen MR) is 141 cm³/mol. The molecule has 8 heteroatoms. The molecule has 1 heterocycles. The fourth-order valence-corrected chi connectivity index (χ4v) is 5.06. The van der Waals surface area contributed by atoms with E-state index in [2.05, 4.69) is 15.6 Å². The van der Waals surface area contributed by atoms with Crippen LogP contribution in [0.1, 0.15) is 59.2 Å². The molecule has 0 saturated heterocycles. The number of aryl methyl sites for hydroxylation is 3. The first-order valence-electron chi connectivity index (χ1n) is 12.3. The van der Waals surface area contributed by atoms with Crippen molar-refractivity contribution in [2.75, 3.05) is 17.2 Å². The minimum Gasteiger partial charge on any atom is -0.480 e. The Kier molecular flexibility index (Phi) is 7.52. The summed E-state index contributed by atoms with van der Waals surface area (Å²) in [4.78, 5) is 44.5. The van der Waals surface area contributed by atoms with Gasteiger partial charge in [-0.2, -0.15) is 0 Å². The maximum Gasteiger partial charge on any atom is 0.324 e. The smallest absolute Gasteiger partial charge is 0.324 e. The van der Waals surface area contributed by atoms with Crippen LogP contribution in [0.2, 0.25) is 0 Å². The van der Waals surface area contributed by atoms with Crippen LogP contribution in [-0.4, -0.2) is 45.5 Å². The summed E-state index contributed by atoms with van der Waals surface area (Å²) in [6.45, 7) is 5.44. The van der Waals surface area contributed by atoms with Crippen LogP contribution >= 0.6 is 0 Å². The molecule has 1 fully saturated rings. The zero-order valence-corrected chi connectivity index (χ0v) is 20.9. The molecular weight excluding hydrogens is 456 g/mol. The highest BCUT2D eigenvalue weighted by atomic mass is 16.4. The number of amides is 3. The van der Waals surface area contributed by atoms with E-state index in [0.717, 1.165) is 54.2 Å². The number of carboxylic acid groups (broad SMARTS) is 1. The Morgan fingerprint density at radius 3 is 2.31 bits per heavy atom. The molecule has 0 radical (unpaired) electrons. The lowest BCUT2D eigenvalue weighted by Gasteiger charge is -2.33. The molecule has 0 aliphatic heterocycles. The van der Waals surface area contributed by atoms with Crippen LogP contribution in [0.3, 0.4) is 0 Å². The third-order valence-corrected chi connectivity index (χ3v) is 6.68. The molecule has 36 heavy (non-hydrogen) atoms. The first-order valence-corrected chi connectivity index (χ1v) is 12.3. The standard InChI is InChI=1S/C28H32N4O4/c1-17-13-18(2)25(19(3)14-17)30-28(36)31-26-22(15-20-9-7-8-12-23(20)29-26)27(35)32(16-24(33)34)21-10-5-4-6-11-21/h7-9,12-15,21H,4-6,10-11,16H2,1-3H3,(H,33,34)(H2,29,30,31,36). The second kappa shape index (κ2) is 10.8. The lowest BCUT2D eigenvalue weighted by molar-refractivity contribution is -0.138. The minimum atomic E-state index is -1.07. The van der Waals surface area contributed by atoms with Gasteiger partial charge in [0.15, 0.2) is 0 Å². The van der Waals surface area contributed by atoms with E-state index in [9.17, 15) is 19.5 Å². The van der Waals surface area contributed by atoms with E-state index in [-0.39, 0.29) is 17.4 Å². The normalized spacial score (nSPS) is 13.9. The highest BCUT2D eigenvalue weighted by Crippen LogP contribution is 2.28. The number of carbonyl (C=O) groups is 3. The Morgan fingerprint density at radius 2 is 1.64 bits per heavy atom. The van der Waals surface area contributed by atoms with Gasteiger partial charge in [0.2, 0.25) is 0 Å². The van der Waals surface area contributed by atoms with E-state index in [4.69, 9.17) is 0 Å². The van der Waals surface area contributed by atoms with Crippen LogP contribution in [0.15, 0.2) is 42.5 Å². The van der Waals surface area contributed by atoms with Crippen LogP contribution in [-0.2, 0) is 4.79 Å². The number of nitrogens with zero attached hydrogens (tertiary/aromatic N) is 2. The molecule has 3 aromatic rings. The van der Waals surface area contributed by atoms with Crippen molar-refractivity contribution in [1.82, 2.24) is 9.88 Å². The molecule has 8 nitrogen and oxygen atoms in total. The molecule has 2 aromatic carbocycles. The predicted octanol–water partition coefficient (Wildman–Crippen LogP) is 5.66. The number of carbonyl (C=O) groups excluding carboxylic acids is 2. The summed E-state index contributed by atoms with van der Waals surface area (Å²) in [5.74, 6) is -1.41. The van der Waals surface area contributed by atoms with E-state index in [1.807, 2.05) is 51.1 Å². The van der Waals surface area contributed by atoms with Crippen LogP contribution in [0.4, 0.5) is 16.3 Å². The maximum absolute atomic E-state index is 13.8. The molecule has 4 rings (SSSR count). The Hall–Kier alpha value is -3.94. The maximum atomic E-state index is 13.8. The van der Waals surface area contributed by atoms with Crippen molar-refractivity contribution < 1.29 is 19.5 Å². The summed E-state index contributed by atoms with van der Waals surface area (Å²) in [6.07, 6.45) is 4.50. The van der Waals surface area contributed by atoms with Gasteiger partial charge in [0.1, 0.15) is 12.4 Å². The van der Waals surface area contributed by atoms with Crippen LogP contribution in [0, 0.1) is 20.8 Å². The number of fused-ring (bicyclic) bond motifs is 1. The molecular formula is C28H32N4O4. The van der Waals surface area contributed by atoms with Crippen molar-refractivity contribution >= 4 is 40.3 Å². The summed E-state index contributed by atoms with van der Waals surface area (Å²) < 4.78 is 0. The summed E-state index contributed by atoms with van der Waals surface area (Å²) in [5, 5.41) is 15.9. The van der Waals surface area contributed by atoms with Gasteiger partial charge >= 0.3 is 12.0 Å². The molecule has 0 unspecified atom stereocenters. The van der Waals surface area contributed by atoms with Crippen molar-refractivity contribution in [2.24, 2.45) is 0 Å². The van der Waals surface area contributed by atoms with Gasteiger partial charge in [-0.05, 0) is 56.9 Å². The zero-order chi connectivity index (χ0) is 25.8. The van der Waals surface area contributed by atoms with E-state index >= 15 is 0 Å². The number of rotatable bonds is 6. The molecule has 1 aromatic heterocycles. The molecule has 3 amide bonds. The van der Waals surface area contributed by atoms with Crippen molar-refractivity contribution in [3.63, 3.8) is 0 Å². The number of pyridine rings is 1. The molecule has 0 spiro atoms. The third-order valence-electron chi connectivity index (χ3n) is 6.68. The lowest BCUT2D eigenvalue weighted by atomic mass is 9.93. The second-order valence-electron chi connectivity index (χ2n) is 9.55. The number of para-hydroxylation sites is 1. The number of hydrogen-bond acceptors (Lipinski definition) is 4. The monoisotopic (exact) mass is 488 g/mol. The SMILES string of the molecule is Cc1cc(C)c(NC(=O)Nc2nc3ccccc3cc2C(=O)N(CC(=O)O)C2CCCCC2)c(C)c1. The van der Waals surface area contributed by atoms with Gasteiger partial charge in [-0.15, -0.1) is 0 Å². The quantitative estimate of drug-likeness (QED) is 0.414. The summed E-state index contributed by atoms with van der Waals surface area (Å²) >= 11 is 0. The zero-order valence-electron chi connectivity index (χ0n) is 20.9. The number of hydrogen-bond donors (Lipinski definition) is 3. The fraction of sp³-hybridized carbons (Fsp3) is 0.357. The number of carboxylic acids is 1. The van der Waals surface area contributed by atoms with Crippen LogP contribution in [0.5, 0.6) is 0 Å². The van der Waals surface area contributed by atoms with Gasteiger partial charge in [0.25, 0.3) is 5.91 Å². The summed E-state index contributed by atoms with van der Waals surface area (Å²) in [6, 6.07) is 12.3. The summed E-state index contributed by atoms with van der Waals surface area (Å²) in [7, 11) is 0. The van der Waals surface area contributed by atoms with Gasteiger partial charge in [-0.25, -0.2) is 9.78 Å². The highest BCUT2D eigenvalue weighted by Gasteiger charge is 2.30. The van der Waals surface area contributed by atoms with Crippen molar-refractivity contribution in [3.8, 4) is 0 Å². The average molecular weight is 489 g/mol. The lowest BCUT2D eigenvalue weighted by Crippen LogP contribution is -2.44. The minimum absolute atomic E-state index is 0.102. The van der Waals surface area contributed by atoms with Gasteiger partial charge in [0.05, 0.1) is 11.1 Å². The first-order chi connectivity index (χ1) is 17.2. The molecule has 1 aliphatic carbocycles. The molecule has 0 atom stereocenters. The molecule has 3 N–H and O–H groups in total. The second-order valence-corrected chi connectivity index (χ2v) is 9.55. The van der Waals surface area contributed by atoms with Crippen LogP contribution in [0.25, 0.3) is 10.9 Å². The Labute approximate surface area is 210 Å². The van der Waals surface area contributed by atoms with Gasteiger partial charge in [0, 0.05) is 17.1 Å². The number of aromatic nitrogens is 1. The Balaban J connectivity index is 1.69. The van der Waals surface area contributed by atoms with Gasteiger partial charge in [-0.3, -0.25) is 14.9 Å². The number of urea groups is 1. The van der Waals surface area contributed by atoms with Gasteiger partial charge < -0.3 is 15.3 Å². The topological polar surface area (TPSA) is 112 Å².